The van der Waals surface area contributed by atoms with E-state index >= 15 is 0 Å². The van der Waals surface area contributed by atoms with Gasteiger partial charge in [0.1, 0.15) is 0 Å². The van der Waals surface area contributed by atoms with Crippen molar-refractivity contribution in [1.29, 1.82) is 5.26 Å². The lowest BCUT2D eigenvalue weighted by Gasteiger charge is -2.12. The van der Waals surface area contributed by atoms with E-state index in [0.29, 0.717) is 6.54 Å². The molecule has 0 N–H and O–H groups in total. The van der Waals surface area contributed by atoms with Crippen LogP contribution in [0.25, 0.3) is 0 Å². The van der Waals surface area contributed by atoms with Crippen molar-refractivity contribution in [3.63, 3.8) is 0 Å². The van der Waals surface area contributed by atoms with Gasteiger partial charge in [-0.2, -0.15) is 5.26 Å². The van der Waals surface area contributed by atoms with Gasteiger partial charge in [-0.25, -0.2) is 0 Å². The van der Waals surface area contributed by atoms with Crippen molar-refractivity contribution in [3.05, 3.63) is 30.1 Å². The van der Waals surface area contributed by atoms with Crippen LogP contribution in [-0.4, -0.2) is 22.8 Å². The summed E-state index contributed by atoms with van der Waals surface area (Å²) in [6, 6.07) is 5.17. The third-order valence-electron chi connectivity index (χ3n) is 1.61. The first-order valence-corrected chi connectivity index (χ1v) is 3.78. The molecule has 0 saturated carbocycles. The van der Waals surface area contributed by atoms with Gasteiger partial charge in [0.2, 0.25) is 0 Å². The minimum Gasteiger partial charge on any atom is -0.329 e. The largest absolute Gasteiger partial charge is 0.329 e. The number of carbonyl (C=O) groups is 1. The van der Waals surface area contributed by atoms with Gasteiger partial charge in [0.25, 0.3) is 0 Å². The lowest BCUT2D eigenvalue weighted by molar-refractivity contribution is -0.124. The number of hydrogen-bond donors (Lipinski definition) is 0. The van der Waals surface area contributed by atoms with Crippen molar-refractivity contribution in [2.24, 2.45) is 0 Å². The SMILES string of the molecule is CN(Cc1ccncc1)C(=O)C#N. The number of carbonyl (C=O) groups excluding carboxylic acids is 1. The summed E-state index contributed by atoms with van der Waals surface area (Å²) in [5.74, 6) is -0.531. The highest BCUT2D eigenvalue weighted by Crippen LogP contribution is 2.00. The van der Waals surface area contributed by atoms with Gasteiger partial charge in [-0.05, 0) is 17.7 Å². The lowest BCUT2D eigenvalue weighted by Crippen LogP contribution is -2.24. The molecule has 1 aromatic heterocycles. The zero-order chi connectivity index (χ0) is 9.68. The summed E-state index contributed by atoms with van der Waals surface area (Å²) in [4.78, 5) is 16.1. The van der Waals surface area contributed by atoms with Crippen molar-refractivity contribution in [2.75, 3.05) is 7.05 Å². The molecule has 0 fully saturated rings. The number of pyridine rings is 1. The first kappa shape index (κ1) is 9.20. The molecular formula is C9H9N3O. The molecule has 0 spiro atoms. The summed E-state index contributed by atoms with van der Waals surface area (Å²) in [5, 5.41) is 8.33. The van der Waals surface area contributed by atoms with Gasteiger partial charge in [-0.3, -0.25) is 9.78 Å². The van der Waals surface area contributed by atoms with E-state index in [1.54, 1.807) is 37.6 Å². The molecule has 4 heteroatoms. The van der Waals surface area contributed by atoms with Crippen molar-refractivity contribution < 1.29 is 4.79 Å². The number of nitriles is 1. The Morgan fingerprint density at radius 2 is 2.23 bits per heavy atom. The van der Waals surface area contributed by atoms with E-state index in [-0.39, 0.29) is 0 Å². The van der Waals surface area contributed by atoms with Gasteiger partial charge in [0.05, 0.1) is 0 Å². The molecule has 1 rings (SSSR count). The van der Waals surface area contributed by atoms with Crippen LogP contribution in [-0.2, 0) is 11.3 Å². The maximum Gasteiger partial charge on any atom is 0.325 e. The highest BCUT2D eigenvalue weighted by molar-refractivity contribution is 5.90. The first-order valence-electron chi connectivity index (χ1n) is 3.78. The second-order valence-corrected chi connectivity index (χ2v) is 2.63. The Labute approximate surface area is 76.4 Å². The highest BCUT2D eigenvalue weighted by atomic mass is 16.2. The number of amides is 1. The van der Waals surface area contributed by atoms with Crippen molar-refractivity contribution in [1.82, 2.24) is 9.88 Å². The summed E-state index contributed by atoms with van der Waals surface area (Å²) < 4.78 is 0. The van der Waals surface area contributed by atoms with Gasteiger partial charge in [0.15, 0.2) is 6.07 Å². The van der Waals surface area contributed by atoms with E-state index in [1.807, 2.05) is 0 Å². The molecule has 0 aliphatic carbocycles. The maximum atomic E-state index is 10.9. The number of hydrogen-bond acceptors (Lipinski definition) is 3. The minimum absolute atomic E-state index is 0.439. The summed E-state index contributed by atoms with van der Waals surface area (Å²) in [6.45, 7) is 0.439. The number of aromatic nitrogens is 1. The topological polar surface area (TPSA) is 57.0 Å². The van der Waals surface area contributed by atoms with Crippen LogP contribution in [0.5, 0.6) is 0 Å². The third-order valence-corrected chi connectivity index (χ3v) is 1.61. The molecule has 66 valence electrons. The Balaban J connectivity index is 2.61. The van der Waals surface area contributed by atoms with Crippen LogP contribution in [0, 0.1) is 11.3 Å². The van der Waals surface area contributed by atoms with Gasteiger partial charge >= 0.3 is 5.91 Å². The predicted octanol–water partition coefficient (Wildman–Crippen LogP) is 0.564. The second kappa shape index (κ2) is 4.21. The van der Waals surface area contributed by atoms with E-state index < -0.39 is 5.91 Å². The minimum atomic E-state index is -0.531. The number of nitrogens with zero attached hydrogens (tertiary/aromatic N) is 3. The monoisotopic (exact) mass is 175 g/mol. The third kappa shape index (κ3) is 2.56. The molecule has 0 radical (unpaired) electrons. The molecule has 13 heavy (non-hydrogen) atoms. The van der Waals surface area contributed by atoms with Gasteiger partial charge < -0.3 is 4.90 Å². The van der Waals surface area contributed by atoms with E-state index in [4.69, 9.17) is 5.26 Å². The van der Waals surface area contributed by atoms with Crippen LogP contribution < -0.4 is 0 Å². The molecule has 0 saturated heterocycles. The smallest absolute Gasteiger partial charge is 0.325 e. The van der Waals surface area contributed by atoms with E-state index in [2.05, 4.69) is 4.98 Å². The predicted molar refractivity (Wildman–Crippen MR) is 46.3 cm³/mol. The molecule has 0 bridgehead atoms. The van der Waals surface area contributed by atoms with E-state index in [9.17, 15) is 4.79 Å². The molecule has 0 unspecified atom stereocenters. The van der Waals surface area contributed by atoms with E-state index in [1.165, 1.54) is 4.90 Å². The molecule has 4 nitrogen and oxygen atoms in total. The second-order valence-electron chi connectivity index (χ2n) is 2.63. The van der Waals surface area contributed by atoms with E-state index in [0.717, 1.165) is 5.56 Å². The van der Waals surface area contributed by atoms with Crippen LogP contribution in [0.4, 0.5) is 0 Å². The van der Waals surface area contributed by atoms with Gasteiger partial charge in [-0.15, -0.1) is 0 Å². The number of rotatable bonds is 2. The molecule has 0 atom stereocenters. The molecule has 1 amide bonds. The zero-order valence-electron chi connectivity index (χ0n) is 7.27. The molecule has 1 aromatic rings. The van der Waals surface area contributed by atoms with Crippen molar-refractivity contribution in [3.8, 4) is 6.07 Å². The zero-order valence-corrected chi connectivity index (χ0v) is 7.27. The fourth-order valence-corrected chi connectivity index (χ4v) is 0.919. The Hall–Kier alpha value is -1.89. The maximum absolute atomic E-state index is 10.9. The average Bonchev–Trinajstić information content (AvgIpc) is 2.18. The fourth-order valence-electron chi connectivity index (χ4n) is 0.919. The molecule has 0 aliphatic rings. The summed E-state index contributed by atoms with van der Waals surface area (Å²) >= 11 is 0. The van der Waals surface area contributed by atoms with Crippen molar-refractivity contribution >= 4 is 5.91 Å². The summed E-state index contributed by atoms with van der Waals surface area (Å²) in [5.41, 5.74) is 0.959. The standard InChI is InChI=1S/C9H9N3O/c1-12(9(13)6-10)7-8-2-4-11-5-3-8/h2-5H,7H2,1H3. The molecule has 0 aliphatic heterocycles. The van der Waals surface area contributed by atoms with Crippen LogP contribution >= 0.6 is 0 Å². The normalized spacial score (nSPS) is 8.92. The quantitative estimate of drug-likeness (QED) is 0.617. The Bertz CT molecular complexity index is 328. The van der Waals surface area contributed by atoms with Crippen LogP contribution in [0.15, 0.2) is 24.5 Å². The summed E-state index contributed by atoms with van der Waals surface area (Å²) in [7, 11) is 1.59. The van der Waals surface area contributed by atoms with Gasteiger partial charge in [0, 0.05) is 26.0 Å². The molecule has 0 aromatic carbocycles. The molecular weight excluding hydrogens is 166 g/mol. The Kier molecular flexibility index (Phi) is 2.98. The Morgan fingerprint density at radius 1 is 1.62 bits per heavy atom. The summed E-state index contributed by atoms with van der Waals surface area (Å²) in [6.07, 6.45) is 3.31. The average molecular weight is 175 g/mol. The first-order chi connectivity index (χ1) is 6.24. The van der Waals surface area contributed by atoms with Crippen LogP contribution in [0.1, 0.15) is 5.56 Å². The molecule has 1 heterocycles. The van der Waals surface area contributed by atoms with Gasteiger partial charge in [-0.1, -0.05) is 0 Å². The highest BCUT2D eigenvalue weighted by Gasteiger charge is 2.06. The van der Waals surface area contributed by atoms with Crippen LogP contribution in [0.2, 0.25) is 0 Å². The lowest BCUT2D eigenvalue weighted by atomic mass is 10.2. The Morgan fingerprint density at radius 3 is 2.77 bits per heavy atom. The van der Waals surface area contributed by atoms with Crippen molar-refractivity contribution in [2.45, 2.75) is 6.54 Å². The fraction of sp³-hybridized carbons (Fsp3) is 0.222. The van der Waals surface area contributed by atoms with Crippen LogP contribution in [0.3, 0.4) is 0 Å².